The normalized spacial score (nSPS) is 11.0. The molecule has 0 saturated carbocycles. The van der Waals surface area contributed by atoms with Gasteiger partial charge < -0.3 is 9.88 Å². The van der Waals surface area contributed by atoms with Crippen LogP contribution in [0.2, 0.25) is 0 Å². The fourth-order valence-corrected chi connectivity index (χ4v) is 2.20. The van der Waals surface area contributed by atoms with Gasteiger partial charge in [0.05, 0.1) is 11.4 Å². The molecule has 2 rings (SSSR count). The van der Waals surface area contributed by atoms with Crippen LogP contribution >= 0.6 is 15.9 Å². The van der Waals surface area contributed by atoms with Gasteiger partial charge in [0.25, 0.3) is 0 Å². The lowest BCUT2D eigenvalue weighted by Gasteiger charge is -2.14. The summed E-state index contributed by atoms with van der Waals surface area (Å²) in [6.45, 7) is 8.39. The van der Waals surface area contributed by atoms with Gasteiger partial charge >= 0.3 is 0 Å². The molecule has 0 bridgehead atoms. The first-order valence-electron chi connectivity index (χ1n) is 6.06. The summed E-state index contributed by atoms with van der Waals surface area (Å²) in [5.74, 6) is 0.883. The third kappa shape index (κ3) is 2.75. The zero-order chi connectivity index (χ0) is 13.3. The second-order valence-electron chi connectivity index (χ2n) is 4.82. The van der Waals surface area contributed by atoms with Crippen LogP contribution in [0.15, 0.2) is 28.9 Å². The maximum Gasteiger partial charge on any atom is 0.207 e. The standard InChI is InChI=1S/C14H18BrN3/c1-9(2)18-8-11(4)16-14(18)17-13-7-10(3)5-6-12(13)15/h5-9H,1-4H3,(H,16,17). The number of nitrogens with one attached hydrogen (secondary N) is 1. The lowest BCUT2D eigenvalue weighted by molar-refractivity contribution is 0.607. The molecule has 0 aliphatic heterocycles. The summed E-state index contributed by atoms with van der Waals surface area (Å²) in [5.41, 5.74) is 3.29. The second-order valence-corrected chi connectivity index (χ2v) is 5.67. The number of hydrogen-bond donors (Lipinski definition) is 1. The highest BCUT2D eigenvalue weighted by molar-refractivity contribution is 9.10. The third-order valence-electron chi connectivity index (χ3n) is 2.78. The second kappa shape index (κ2) is 5.14. The van der Waals surface area contributed by atoms with E-state index in [9.17, 15) is 0 Å². The molecule has 18 heavy (non-hydrogen) atoms. The van der Waals surface area contributed by atoms with Crippen LogP contribution in [0.1, 0.15) is 31.1 Å². The van der Waals surface area contributed by atoms with Crippen LogP contribution in [-0.4, -0.2) is 9.55 Å². The molecule has 0 aliphatic rings. The van der Waals surface area contributed by atoms with Crippen molar-refractivity contribution < 1.29 is 0 Å². The largest absolute Gasteiger partial charge is 0.325 e. The van der Waals surface area contributed by atoms with Gasteiger partial charge in [0, 0.05) is 16.7 Å². The molecule has 0 spiro atoms. The van der Waals surface area contributed by atoms with E-state index in [0.29, 0.717) is 6.04 Å². The Bertz CT molecular complexity index is 558. The first-order valence-corrected chi connectivity index (χ1v) is 6.85. The molecule has 0 fully saturated rings. The lowest BCUT2D eigenvalue weighted by atomic mass is 10.2. The predicted octanol–water partition coefficient (Wildman–Crippen LogP) is 4.59. The van der Waals surface area contributed by atoms with Gasteiger partial charge in [-0.05, 0) is 61.3 Å². The first-order chi connectivity index (χ1) is 8.47. The van der Waals surface area contributed by atoms with E-state index in [1.165, 1.54) is 5.56 Å². The summed E-state index contributed by atoms with van der Waals surface area (Å²) in [5, 5.41) is 3.39. The maximum atomic E-state index is 4.53. The van der Waals surface area contributed by atoms with Gasteiger partial charge in [-0.1, -0.05) is 6.07 Å². The molecule has 4 heteroatoms. The molecule has 0 unspecified atom stereocenters. The Balaban J connectivity index is 2.36. The number of aryl methyl sites for hydroxylation is 2. The number of aromatic nitrogens is 2. The first kappa shape index (κ1) is 13.1. The molecule has 0 saturated heterocycles. The summed E-state index contributed by atoms with van der Waals surface area (Å²) in [7, 11) is 0. The zero-order valence-corrected chi connectivity index (χ0v) is 12.7. The van der Waals surface area contributed by atoms with Crippen molar-refractivity contribution in [2.75, 3.05) is 5.32 Å². The fourth-order valence-electron chi connectivity index (χ4n) is 1.86. The Hall–Kier alpha value is -1.29. The van der Waals surface area contributed by atoms with Crippen LogP contribution in [0.25, 0.3) is 0 Å². The van der Waals surface area contributed by atoms with Crippen LogP contribution in [0.3, 0.4) is 0 Å². The molecule has 1 N–H and O–H groups in total. The highest BCUT2D eigenvalue weighted by Gasteiger charge is 2.10. The van der Waals surface area contributed by atoms with Crippen molar-refractivity contribution >= 4 is 27.6 Å². The number of nitrogens with zero attached hydrogens (tertiary/aromatic N) is 2. The van der Waals surface area contributed by atoms with Gasteiger partial charge in [0.15, 0.2) is 0 Å². The number of imidazole rings is 1. The quantitative estimate of drug-likeness (QED) is 0.899. The van der Waals surface area contributed by atoms with E-state index in [1.807, 2.05) is 13.0 Å². The van der Waals surface area contributed by atoms with E-state index < -0.39 is 0 Å². The molecular weight excluding hydrogens is 290 g/mol. The summed E-state index contributed by atoms with van der Waals surface area (Å²) in [6, 6.07) is 6.62. The van der Waals surface area contributed by atoms with Gasteiger partial charge in [-0.25, -0.2) is 4.98 Å². The van der Waals surface area contributed by atoms with Gasteiger partial charge in [-0.15, -0.1) is 0 Å². The van der Waals surface area contributed by atoms with Crippen molar-refractivity contribution in [2.45, 2.75) is 33.7 Å². The maximum absolute atomic E-state index is 4.53. The van der Waals surface area contributed by atoms with Crippen LogP contribution in [0.5, 0.6) is 0 Å². The van der Waals surface area contributed by atoms with Crippen molar-refractivity contribution in [3.8, 4) is 0 Å². The predicted molar refractivity (Wildman–Crippen MR) is 79.5 cm³/mol. The van der Waals surface area contributed by atoms with Crippen LogP contribution < -0.4 is 5.32 Å². The van der Waals surface area contributed by atoms with E-state index in [0.717, 1.165) is 21.8 Å². The number of hydrogen-bond acceptors (Lipinski definition) is 2. The average Bonchev–Trinajstić information content (AvgIpc) is 2.65. The highest BCUT2D eigenvalue weighted by Crippen LogP contribution is 2.27. The Morgan fingerprint density at radius 3 is 2.67 bits per heavy atom. The third-order valence-corrected chi connectivity index (χ3v) is 3.47. The van der Waals surface area contributed by atoms with E-state index in [-0.39, 0.29) is 0 Å². The van der Waals surface area contributed by atoms with E-state index in [4.69, 9.17) is 0 Å². The number of halogens is 1. The van der Waals surface area contributed by atoms with E-state index >= 15 is 0 Å². The lowest BCUT2D eigenvalue weighted by Crippen LogP contribution is -2.05. The summed E-state index contributed by atoms with van der Waals surface area (Å²) < 4.78 is 3.19. The summed E-state index contributed by atoms with van der Waals surface area (Å²) in [4.78, 5) is 4.53. The molecule has 0 amide bonds. The molecule has 0 radical (unpaired) electrons. The Morgan fingerprint density at radius 1 is 1.28 bits per heavy atom. The van der Waals surface area contributed by atoms with Crippen molar-refractivity contribution in [3.05, 3.63) is 40.1 Å². The smallest absolute Gasteiger partial charge is 0.207 e. The van der Waals surface area contributed by atoms with Crippen molar-refractivity contribution in [2.24, 2.45) is 0 Å². The van der Waals surface area contributed by atoms with Crippen molar-refractivity contribution in [3.63, 3.8) is 0 Å². The Labute approximate surface area is 116 Å². The molecule has 96 valence electrons. The summed E-state index contributed by atoms with van der Waals surface area (Å²) >= 11 is 3.56. The molecule has 1 aromatic carbocycles. The van der Waals surface area contributed by atoms with Crippen LogP contribution in [0, 0.1) is 13.8 Å². The van der Waals surface area contributed by atoms with Crippen molar-refractivity contribution in [1.82, 2.24) is 9.55 Å². The van der Waals surface area contributed by atoms with Crippen LogP contribution in [-0.2, 0) is 0 Å². The minimum Gasteiger partial charge on any atom is -0.325 e. The Morgan fingerprint density at radius 2 is 2.00 bits per heavy atom. The summed E-state index contributed by atoms with van der Waals surface area (Å²) in [6.07, 6.45) is 2.07. The molecule has 0 atom stereocenters. The monoisotopic (exact) mass is 307 g/mol. The van der Waals surface area contributed by atoms with E-state index in [1.54, 1.807) is 0 Å². The molecule has 2 aromatic rings. The minimum absolute atomic E-state index is 0.386. The molecule has 1 heterocycles. The zero-order valence-electron chi connectivity index (χ0n) is 11.2. The Kier molecular flexibility index (Phi) is 3.76. The van der Waals surface area contributed by atoms with Crippen LogP contribution in [0.4, 0.5) is 11.6 Å². The van der Waals surface area contributed by atoms with Gasteiger partial charge in [0.2, 0.25) is 5.95 Å². The molecular formula is C14H18BrN3. The number of benzene rings is 1. The van der Waals surface area contributed by atoms with Gasteiger partial charge in [-0.3, -0.25) is 0 Å². The van der Waals surface area contributed by atoms with Crippen molar-refractivity contribution in [1.29, 1.82) is 0 Å². The average molecular weight is 308 g/mol. The number of anilines is 2. The van der Waals surface area contributed by atoms with Gasteiger partial charge in [0.1, 0.15) is 0 Å². The molecule has 0 aliphatic carbocycles. The number of rotatable bonds is 3. The minimum atomic E-state index is 0.386. The van der Waals surface area contributed by atoms with E-state index in [2.05, 4.69) is 69.9 Å². The molecule has 3 nitrogen and oxygen atoms in total. The SMILES string of the molecule is Cc1ccc(Br)c(Nc2nc(C)cn2C(C)C)c1. The van der Waals surface area contributed by atoms with Gasteiger partial charge in [-0.2, -0.15) is 0 Å². The topological polar surface area (TPSA) is 29.9 Å². The highest BCUT2D eigenvalue weighted by atomic mass is 79.9. The molecule has 1 aromatic heterocycles. The fraction of sp³-hybridized carbons (Fsp3) is 0.357.